The molecule has 4 rings (SSSR count). The van der Waals surface area contributed by atoms with E-state index in [1.165, 1.54) is 26.4 Å². The molecule has 1 amide bonds. The summed E-state index contributed by atoms with van der Waals surface area (Å²) in [5.74, 6) is 2.49. The van der Waals surface area contributed by atoms with Crippen molar-refractivity contribution in [1.29, 1.82) is 0 Å². The lowest BCUT2D eigenvalue weighted by Gasteiger charge is -2.12. The van der Waals surface area contributed by atoms with Crippen LogP contribution in [0.3, 0.4) is 0 Å². The molecule has 0 aromatic rings. The number of rotatable bonds is 1. The number of alkyl carbamates (subject to hydrolysis) is 1. The standard InChI is InChI=1S/C9H13NO2/c1-12-8(11)10-9-4-5-2-6(9)7(9)3-5/h5-7H,2-4H2,1H3,(H,10,11). The van der Waals surface area contributed by atoms with Gasteiger partial charge in [0.1, 0.15) is 0 Å². The summed E-state index contributed by atoms with van der Waals surface area (Å²) >= 11 is 0. The number of carbonyl (C=O) groups is 1. The van der Waals surface area contributed by atoms with Crippen LogP contribution in [0.5, 0.6) is 0 Å². The van der Waals surface area contributed by atoms with E-state index in [-0.39, 0.29) is 11.6 Å². The van der Waals surface area contributed by atoms with Crippen LogP contribution in [0.2, 0.25) is 0 Å². The van der Waals surface area contributed by atoms with Crippen LogP contribution >= 0.6 is 0 Å². The third-order valence-electron chi connectivity index (χ3n) is 4.02. The van der Waals surface area contributed by atoms with E-state index < -0.39 is 0 Å². The predicted molar refractivity (Wildman–Crippen MR) is 42.6 cm³/mol. The minimum atomic E-state index is -0.245. The van der Waals surface area contributed by atoms with E-state index in [1.807, 2.05) is 0 Å². The number of methoxy groups -OCH3 is 1. The monoisotopic (exact) mass is 167 g/mol. The molecular weight excluding hydrogens is 154 g/mol. The zero-order valence-electron chi connectivity index (χ0n) is 7.17. The van der Waals surface area contributed by atoms with Crippen molar-refractivity contribution in [2.75, 3.05) is 7.11 Å². The molecule has 0 aromatic carbocycles. The van der Waals surface area contributed by atoms with Crippen molar-refractivity contribution in [3.8, 4) is 0 Å². The molecule has 1 N–H and O–H groups in total. The van der Waals surface area contributed by atoms with Crippen molar-refractivity contribution in [2.45, 2.75) is 24.8 Å². The molecule has 12 heavy (non-hydrogen) atoms. The first-order valence-corrected chi connectivity index (χ1v) is 4.62. The van der Waals surface area contributed by atoms with Crippen molar-refractivity contribution in [3.63, 3.8) is 0 Å². The third kappa shape index (κ3) is 0.573. The molecule has 4 aliphatic rings. The third-order valence-corrected chi connectivity index (χ3v) is 4.02. The smallest absolute Gasteiger partial charge is 0.407 e. The predicted octanol–water partition coefficient (Wildman–Crippen LogP) is 1.14. The summed E-state index contributed by atoms with van der Waals surface area (Å²) in [6.07, 6.45) is 3.64. The zero-order valence-corrected chi connectivity index (χ0v) is 7.17. The SMILES string of the molecule is COC(=O)NC12CC3CC1C2C3. The van der Waals surface area contributed by atoms with Crippen molar-refractivity contribution in [1.82, 2.24) is 5.32 Å². The van der Waals surface area contributed by atoms with Crippen LogP contribution in [-0.2, 0) is 4.74 Å². The molecule has 0 aromatic heterocycles. The van der Waals surface area contributed by atoms with E-state index in [0.717, 1.165) is 17.8 Å². The Balaban J connectivity index is 1.76. The topological polar surface area (TPSA) is 38.3 Å². The zero-order chi connectivity index (χ0) is 8.34. The quantitative estimate of drug-likeness (QED) is 0.636. The summed E-state index contributed by atoms with van der Waals surface area (Å²) in [5.41, 5.74) is 0.192. The number of carbonyl (C=O) groups excluding carboxylic acids is 1. The molecule has 4 bridgehead atoms. The van der Waals surface area contributed by atoms with Gasteiger partial charge in [-0.25, -0.2) is 4.79 Å². The number of amides is 1. The Kier molecular flexibility index (Phi) is 1.00. The van der Waals surface area contributed by atoms with Crippen LogP contribution < -0.4 is 5.32 Å². The summed E-state index contributed by atoms with van der Waals surface area (Å²) in [6.45, 7) is 0. The molecule has 4 saturated carbocycles. The fraction of sp³-hybridized carbons (Fsp3) is 0.889. The maximum Gasteiger partial charge on any atom is 0.407 e. The van der Waals surface area contributed by atoms with Gasteiger partial charge < -0.3 is 10.1 Å². The summed E-state index contributed by atoms with van der Waals surface area (Å²) in [7, 11) is 1.43. The second-order valence-corrected chi connectivity index (χ2v) is 4.41. The van der Waals surface area contributed by atoms with E-state index in [1.54, 1.807) is 0 Å². The molecule has 0 heterocycles. The average Bonchev–Trinajstić information content (AvgIpc) is 2.55. The normalized spacial score (nSPS) is 52.2. The van der Waals surface area contributed by atoms with Crippen LogP contribution in [0.1, 0.15) is 19.3 Å². The van der Waals surface area contributed by atoms with Crippen LogP contribution in [0.25, 0.3) is 0 Å². The van der Waals surface area contributed by atoms with E-state index in [0.29, 0.717) is 0 Å². The number of hydrogen-bond donors (Lipinski definition) is 1. The van der Waals surface area contributed by atoms with E-state index in [4.69, 9.17) is 0 Å². The minimum absolute atomic E-state index is 0.192. The van der Waals surface area contributed by atoms with Crippen molar-refractivity contribution >= 4 is 6.09 Å². The Morgan fingerprint density at radius 1 is 1.50 bits per heavy atom. The highest BCUT2D eigenvalue weighted by molar-refractivity contribution is 5.69. The Morgan fingerprint density at radius 2 is 2.17 bits per heavy atom. The summed E-state index contributed by atoms with van der Waals surface area (Å²) in [5, 5.41) is 3.01. The number of hydrogen-bond acceptors (Lipinski definition) is 2. The number of ether oxygens (including phenoxy) is 1. The summed E-state index contributed by atoms with van der Waals surface area (Å²) < 4.78 is 4.62. The summed E-state index contributed by atoms with van der Waals surface area (Å²) in [4.78, 5) is 11.0. The molecule has 4 fully saturated rings. The van der Waals surface area contributed by atoms with Gasteiger partial charge in [0.05, 0.1) is 7.11 Å². The van der Waals surface area contributed by atoms with Crippen molar-refractivity contribution < 1.29 is 9.53 Å². The minimum Gasteiger partial charge on any atom is -0.453 e. The molecule has 4 aliphatic carbocycles. The second kappa shape index (κ2) is 1.78. The molecule has 0 spiro atoms. The van der Waals surface area contributed by atoms with Crippen LogP contribution in [-0.4, -0.2) is 18.7 Å². The van der Waals surface area contributed by atoms with Gasteiger partial charge in [-0.2, -0.15) is 0 Å². The Labute approximate surface area is 71.5 Å². The van der Waals surface area contributed by atoms with Crippen LogP contribution in [0.4, 0.5) is 4.79 Å². The lowest BCUT2D eigenvalue weighted by molar-refractivity contribution is 0.164. The second-order valence-electron chi connectivity index (χ2n) is 4.41. The maximum absolute atomic E-state index is 11.0. The van der Waals surface area contributed by atoms with Gasteiger partial charge in [0, 0.05) is 5.54 Å². The van der Waals surface area contributed by atoms with E-state index in [2.05, 4.69) is 10.1 Å². The maximum atomic E-state index is 11.0. The lowest BCUT2D eigenvalue weighted by atomic mass is 10.1. The molecule has 0 radical (unpaired) electrons. The first-order valence-electron chi connectivity index (χ1n) is 4.62. The Hall–Kier alpha value is -0.730. The van der Waals surface area contributed by atoms with E-state index >= 15 is 0 Å². The molecule has 2 unspecified atom stereocenters. The molecule has 0 aliphatic heterocycles. The van der Waals surface area contributed by atoms with Gasteiger partial charge in [0.15, 0.2) is 0 Å². The molecule has 0 saturated heterocycles. The van der Waals surface area contributed by atoms with E-state index in [9.17, 15) is 4.79 Å². The van der Waals surface area contributed by atoms with Crippen molar-refractivity contribution in [3.05, 3.63) is 0 Å². The van der Waals surface area contributed by atoms with Gasteiger partial charge in [-0.1, -0.05) is 0 Å². The lowest BCUT2D eigenvalue weighted by Crippen LogP contribution is -2.37. The van der Waals surface area contributed by atoms with Gasteiger partial charge in [0.25, 0.3) is 0 Å². The molecule has 2 atom stereocenters. The highest BCUT2D eigenvalue weighted by Crippen LogP contribution is 2.73. The van der Waals surface area contributed by atoms with Gasteiger partial charge >= 0.3 is 6.09 Å². The summed E-state index contributed by atoms with van der Waals surface area (Å²) in [6, 6.07) is 0. The van der Waals surface area contributed by atoms with Gasteiger partial charge in [-0.3, -0.25) is 0 Å². The highest BCUT2D eigenvalue weighted by atomic mass is 16.5. The molecule has 3 nitrogen and oxygen atoms in total. The number of nitrogens with one attached hydrogen (secondary N) is 1. The molecule has 3 heteroatoms. The fourth-order valence-corrected chi connectivity index (χ4v) is 3.59. The highest BCUT2D eigenvalue weighted by Gasteiger charge is 2.75. The van der Waals surface area contributed by atoms with Gasteiger partial charge in [-0.15, -0.1) is 0 Å². The molecule has 66 valence electrons. The Bertz CT molecular complexity index is 239. The first kappa shape index (κ1) is 6.75. The van der Waals surface area contributed by atoms with Gasteiger partial charge in [0.2, 0.25) is 0 Å². The first-order chi connectivity index (χ1) is 5.76. The van der Waals surface area contributed by atoms with Crippen LogP contribution in [0, 0.1) is 17.8 Å². The average molecular weight is 167 g/mol. The van der Waals surface area contributed by atoms with Crippen LogP contribution in [0.15, 0.2) is 0 Å². The molecular formula is C9H13NO2. The van der Waals surface area contributed by atoms with Crippen molar-refractivity contribution in [2.24, 2.45) is 17.8 Å². The fourth-order valence-electron chi connectivity index (χ4n) is 3.59. The largest absolute Gasteiger partial charge is 0.453 e. The van der Waals surface area contributed by atoms with Gasteiger partial charge in [-0.05, 0) is 37.0 Å². The Morgan fingerprint density at radius 3 is 2.58 bits per heavy atom.